The molecule has 3 rings (SSSR count). The lowest BCUT2D eigenvalue weighted by Crippen LogP contribution is -2.40. The van der Waals surface area contributed by atoms with Crippen molar-refractivity contribution in [2.24, 2.45) is 0 Å². The third-order valence-electron chi connectivity index (χ3n) is 4.51. The highest BCUT2D eigenvalue weighted by atomic mass is 79.9. The van der Waals surface area contributed by atoms with E-state index in [2.05, 4.69) is 31.9 Å². The smallest absolute Gasteiger partial charge is 0.243 e. The number of carbonyl (C=O) groups excluding carboxylic acids is 1. The van der Waals surface area contributed by atoms with Gasteiger partial charge in [-0.15, -0.1) is 0 Å². The zero-order valence-electron chi connectivity index (χ0n) is 16.7. The van der Waals surface area contributed by atoms with E-state index in [-0.39, 0.29) is 17.3 Å². The van der Waals surface area contributed by atoms with Crippen molar-refractivity contribution in [3.63, 3.8) is 0 Å². The highest BCUT2D eigenvalue weighted by molar-refractivity contribution is 9.10. The summed E-state index contributed by atoms with van der Waals surface area (Å²) >= 11 is 3.37. The van der Waals surface area contributed by atoms with E-state index in [1.54, 1.807) is 30.3 Å². The van der Waals surface area contributed by atoms with Crippen LogP contribution in [0.1, 0.15) is 6.92 Å². The molecule has 8 nitrogen and oxygen atoms in total. The first-order valence-corrected chi connectivity index (χ1v) is 11.9. The van der Waals surface area contributed by atoms with Gasteiger partial charge in [0, 0.05) is 29.8 Å². The number of benzene rings is 2. The summed E-state index contributed by atoms with van der Waals surface area (Å²) in [4.78, 5) is 12.5. The maximum Gasteiger partial charge on any atom is 0.243 e. The molecule has 0 aliphatic carbocycles. The van der Waals surface area contributed by atoms with Gasteiger partial charge in [0.25, 0.3) is 0 Å². The van der Waals surface area contributed by atoms with Crippen LogP contribution >= 0.6 is 15.9 Å². The lowest BCUT2D eigenvalue weighted by Gasteiger charge is -2.26. The molecule has 0 aromatic heterocycles. The Bertz CT molecular complexity index is 994. The molecule has 1 saturated heterocycles. The number of hydrogen-bond acceptors (Lipinski definition) is 6. The number of morpholine rings is 1. The van der Waals surface area contributed by atoms with Crippen LogP contribution in [0.3, 0.4) is 0 Å². The van der Waals surface area contributed by atoms with Crippen molar-refractivity contribution >= 4 is 48.9 Å². The first-order valence-electron chi connectivity index (χ1n) is 9.65. The predicted octanol–water partition coefficient (Wildman–Crippen LogP) is 2.95. The standard InChI is InChI=1S/C20H25BrN4O4S/c1-2-22-18-7-6-17(30(27,28)25-8-10-29-11-9-25)13-19(18)23-14-20(26)24-16-5-3-4-15(21)12-16/h3-7,12-13,22-23H,2,8-11,14H2,1H3,(H,24,26). The fourth-order valence-corrected chi connectivity index (χ4v) is 4.89. The molecule has 162 valence electrons. The van der Waals surface area contributed by atoms with Gasteiger partial charge in [-0.3, -0.25) is 4.79 Å². The largest absolute Gasteiger partial charge is 0.384 e. The van der Waals surface area contributed by atoms with Gasteiger partial charge in [0.15, 0.2) is 0 Å². The van der Waals surface area contributed by atoms with Crippen molar-refractivity contribution in [3.05, 3.63) is 46.9 Å². The third kappa shape index (κ3) is 5.72. The Balaban J connectivity index is 1.75. The van der Waals surface area contributed by atoms with Crippen molar-refractivity contribution in [2.75, 3.05) is 55.3 Å². The minimum atomic E-state index is -3.63. The molecule has 2 aromatic rings. The van der Waals surface area contributed by atoms with Gasteiger partial charge in [-0.2, -0.15) is 4.31 Å². The molecule has 0 atom stereocenters. The molecular formula is C20H25BrN4O4S. The van der Waals surface area contributed by atoms with Gasteiger partial charge in [-0.1, -0.05) is 22.0 Å². The third-order valence-corrected chi connectivity index (χ3v) is 6.90. The Morgan fingerprint density at radius 3 is 2.57 bits per heavy atom. The van der Waals surface area contributed by atoms with Gasteiger partial charge in [-0.25, -0.2) is 8.42 Å². The van der Waals surface area contributed by atoms with E-state index in [9.17, 15) is 13.2 Å². The fraction of sp³-hybridized carbons (Fsp3) is 0.350. The summed E-state index contributed by atoms with van der Waals surface area (Å²) in [5.74, 6) is -0.239. The molecule has 0 bridgehead atoms. The summed E-state index contributed by atoms with van der Waals surface area (Å²) in [7, 11) is -3.63. The topological polar surface area (TPSA) is 99.8 Å². The Hall–Kier alpha value is -2.14. The summed E-state index contributed by atoms with van der Waals surface area (Å²) in [5, 5.41) is 9.05. The van der Waals surface area contributed by atoms with Crippen molar-refractivity contribution in [1.29, 1.82) is 0 Å². The molecule has 1 aliphatic rings. The molecule has 0 spiro atoms. The van der Waals surface area contributed by atoms with Gasteiger partial charge < -0.3 is 20.7 Å². The number of nitrogens with one attached hydrogen (secondary N) is 3. The van der Waals surface area contributed by atoms with E-state index >= 15 is 0 Å². The molecule has 1 fully saturated rings. The summed E-state index contributed by atoms with van der Waals surface area (Å²) in [6.07, 6.45) is 0. The number of hydrogen-bond donors (Lipinski definition) is 3. The summed E-state index contributed by atoms with van der Waals surface area (Å²) in [5.41, 5.74) is 1.95. The molecule has 1 amide bonds. The van der Waals surface area contributed by atoms with Crippen LogP contribution in [0.15, 0.2) is 51.8 Å². The van der Waals surface area contributed by atoms with Gasteiger partial charge in [-0.05, 0) is 43.3 Å². The van der Waals surface area contributed by atoms with E-state index in [1.165, 1.54) is 4.31 Å². The van der Waals surface area contributed by atoms with Crippen molar-refractivity contribution in [3.8, 4) is 0 Å². The van der Waals surface area contributed by atoms with Crippen molar-refractivity contribution in [1.82, 2.24) is 4.31 Å². The SMILES string of the molecule is CCNc1ccc(S(=O)(=O)N2CCOCC2)cc1NCC(=O)Nc1cccc(Br)c1. The van der Waals surface area contributed by atoms with Gasteiger partial charge in [0.05, 0.1) is 36.0 Å². The fourth-order valence-electron chi connectivity index (χ4n) is 3.06. The number of rotatable bonds is 8. The van der Waals surface area contributed by atoms with Crippen molar-refractivity contribution in [2.45, 2.75) is 11.8 Å². The first-order chi connectivity index (χ1) is 14.4. The van der Waals surface area contributed by atoms with E-state index in [4.69, 9.17) is 4.74 Å². The zero-order valence-corrected chi connectivity index (χ0v) is 19.1. The van der Waals surface area contributed by atoms with Crippen LogP contribution in [-0.2, 0) is 19.6 Å². The molecular weight excluding hydrogens is 472 g/mol. The Kier molecular flexibility index (Phi) is 7.70. The number of nitrogens with zero attached hydrogens (tertiary/aromatic N) is 1. The molecule has 0 radical (unpaired) electrons. The van der Waals surface area contributed by atoms with Crippen LogP contribution in [-0.4, -0.2) is 58.0 Å². The number of ether oxygens (including phenoxy) is 1. The van der Waals surface area contributed by atoms with Crippen LogP contribution in [0.25, 0.3) is 0 Å². The molecule has 30 heavy (non-hydrogen) atoms. The average Bonchev–Trinajstić information content (AvgIpc) is 2.74. The molecule has 10 heteroatoms. The minimum Gasteiger partial charge on any atom is -0.384 e. The number of halogens is 1. The minimum absolute atomic E-state index is 0.00797. The van der Waals surface area contributed by atoms with E-state index < -0.39 is 10.0 Å². The normalized spacial score (nSPS) is 14.9. The lowest BCUT2D eigenvalue weighted by atomic mass is 10.2. The Morgan fingerprint density at radius 2 is 1.87 bits per heavy atom. The van der Waals surface area contributed by atoms with Gasteiger partial charge in [0.2, 0.25) is 15.9 Å². The van der Waals surface area contributed by atoms with Crippen LogP contribution in [0.4, 0.5) is 17.1 Å². The summed E-state index contributed by atoms with van der Waals surface area (Å²) < 4.78 is 33.5. The molecule has 2 aromatic carbocycles. The predicted molar refractivity (Wildman–Crippen MR) is 121 cm³/mol. The molecule has 0 unspecified atom stereocenters. The summed E-state index contributed by atoms with van der Waals surface area (Å²) in [6, 6.07) is 12.2. The maximum atomic E-state index is 13.0. The average molecular weight is 497 g/mol. The highest BCUT2D eigenvalue weighted by Crippen LogP contribution is 2.27. The number of amides is 1. The summed E-state index contributed by atoms with van der Waals surface area (Å²) in [6.45, 7) is 4.03. The first kappa shape index (κ1) is 22.5. The monoisotopic (exact) mass is 496 g/mol. The second kappa shape index (κ2) is 10.3. The number of sulfonamides is 1. The van der Waals surface area contributed by atoms with Gasteiger partial charge in [0.1, 0.15) is 0 Å². The zero-order chi connectivity index (χ0) is 21.6. The molecule has 1 heterocycles. The number of anilines is 3. The Morgan fingerprint density at radius 1 is 1.10 bits per heavy atom. The number of carbonyl (C=O) groups is 1. The van der Waals surface area contributed by atoms with Gasteiger partial charge >= 0.3 is 0 Å². The molecule has 3 N–H and O–H groups in total. The van der Waals surface area contributed by atoms with Crippen molar-refractivity contribution < 1.29 is 17.9 Å². The highest BCUT2D eigenvalue weighted by Gasteiger charge is 2.27. The second-order valence-corrected chi connectivity index (χ2v) is 9.52. The van der Waals surface area contributed by atoms with E-state index in [0.29, 0.717) is 44.2 Å². The van der Waals surface area contributed by atoms with Crippen LogP contribution in [0.2, 0.25) is 0 Å². The van der Waals surface area contributed by atoms with Crippen LogP contribution in [0.5, 0.6) is 0 Å². The molecule has 0 saturated carbocycles. The van der Waals surface area contributed by atoms with E-state index in [1.807, 2.05) is 19.1 Å². The van der Waals surface area contributed by atoms with E-state index in [0.717, 1.165) is 10.2 Å². The second-order valence-electron chi connectivity index (χ2n) is 6.67. The molecule has 1 aliphatic heterocycles. The van der Waals surface area contributed by atoms with Crippen LogP contribution < -0.4 is 16.0 Å². The Labute approximate surface area is 185 Å². The van der Waals surface area contributed by atoms with Crippen LogP contribution in [0, 0.1) is 0 Å². The quantitative estimate of drug-likeness (QED) is 0.519. The lowest BCUT2D eigenvalue weighted by molar-refractivity contribution is -0.114. The maximum absolute atomic E-state index is 13.0.